The second-order valence-electron chi connectivity index (χ2n) is 5.46. The Bertz CT molecular complexity index is 483. The van der Waals surface area contributed by atoms with Crippen LogP contribution in [0.2, 0.25) is 0 Å². The van der Waals surface area contributed by atoms with E-state index in [2.05, 4.69) is 48.6 Å². The van der Waals surface area contributed by atoms with Gasteiger partial charge in [0.2, 0.25) is 0 Å². The highest BCUT2D eigenvalue weighted by molar-refractivity contribution is 6.27. The maximum absolute atomic E-state index is 9.10. The zero-order valence-electron chi connectivity index (χ0n) is 13.1. The normalized spacial score (nSPS) is 17.6. The maximum atomic E-state index is 9.10. The van der Waals surface area contributed by atoms with Gasteiger partial charge in [-0.1, -0.05) is 25.0 Å². The number of anilines is 1. The highest BCUT2D eigenvalue weighted by Crippen LogP contribution is 2.25. The van der Waals surface area contributed by atoms with Crippen molar-refractivity contribution >= 4 is 17.6 Å². The van der Waals surface area contributed by atoms with Crippen LogP contribution in [0.1, 0.15) is 37.3 Å². The zero-order chi connectivity index (χ0) is 16.5. The van der Waals surface area contributed by atoms with Crippen LogP contribution in [-0.2, 0) is 9.59 Å². The molecular weight excluding hydrogens is 284 g/mol. The van der Waals surface area contributed by atoms with Crippen LogP contribution in [0.25, 0.3) is 0 Å². The Morgan fingerprint density at radius 1 is 1.14 bits per heavy atom. The first-order chi connectivity index (χ1) is 10.4. The number of benzene rings is 1. The van der Waals surface area contributed by atoms with Crippen molar-refractivity contribution in [1.82, 2.24) is 5.32 Å². The van der Waals surface area contributed by atoms with Crippen molar-refractivity contribution in [2.75, 3.05) is 25.5 Å². The molecule has 1 aromatic carbocycles. The van der Waals surface area contributed by atoms with Crippen LogP contribution < -0.4 is 10.2 Å². The minimum Gasteiger partial charge on any atom is -0.473 e. The first-order valence-electron chi connectivity index (χ1n) is 7.38. The quantitative estimate of drug-likeness (QED) is 0.725. The van der Waals surface area contributed by atoms with Gasteiger partial charge in [-0.05, 0) is 37.1 Å². The largest absolute Gasteiger partial charge is 0.473 e. The molecule has 3 N–H and O–H groups in total. The van der Waals surface area contributed by atoms with E-state index in [0.29, 0.717) is 6.04 Å². The molecule has 1 aliphatic rings. The highest BCUT2D eigenvalue weighted by Gasteiger charge is 2.13. The van der Waals surface area contributed by atoms with Gasteiger partial charge in [0, 0.05) is 25.8 Å². The third kappa shape index (κ3) is 6.13. The molecule has 0 bridgehead atoms. The van der Waals surface area contributed by atoms with Crippen LogP contribution >= 0.6 is 0 Å². The van der Waals surface area contributed by atoms with E-state index in [-0.39, 0.29) is 0 Å². The Balaban J connectivity index is 0.000000346. The summed E-state index contributed by atoms with van der Waals surface area (Å²) in [6.45, 7) is 1.16. The number of hydrogen-bond acceptors (Lipinski definition) is 4. The van der Waals surface area contributed by atoms with Gasteiger partial charge in [0.15, 0.2) is 0 Å². The molecule has 2 rings (SSSR count). The second-order valence-corrected chi connectivity index (χ2v) is 5.46. The third-order valence-corrected chi connectivity index (χ3v) is 3.53. The number of rotatable bonds is 2. The van der Waals surface area contributed by atoms with E-state index >= 15 is 0 Å². The van der Waals surface area contributed by atoms with Gasteiger partial charge in [0.25, 0.3) is 0 Å². The summed E-state index contributed by atoms with van der Waals surface area (Å²) in [6, 6.07) is 9.44. The summed E-state index contributed by atoms with van der Waals surface area (Å²) in [7, 11) is 4.19. The second kappa shape index (κ2) is 9.04. The molecule has 1 unspecified atom stereocenters. The Kier molecular flexibility index (Phi) is 7.39. The number of carboxylic acids is 2. The summed E-state index contributed by atoms with van der Waals surface area (Å²) in [6.07, 6.45) is 5.32. The first-order valence-corrected chi connectivity index (χ1v) is 7.38. The molecule has 1 aromatic rings. The number of carboxylic acid groups (broad SMARTS) is 2. The van der Waals surface area contributed by atoms with Crippen molar-refractivity contribution in [3.63, 3.8) is 0 Å². The molecule has 6 nitrogen and oxygen atoms in total. The Hall–Kier alpha value is -2.08. The van der Waals surface area contributed by atoms with Gasteiger partial charge >= 0.3 is 11.9 Å². The van der Waals surface area contributed by atoms with Gasteiger partial charge in [-0.2, -0.15) is 0 Å². The van der Waals surface area contributed by atoms with Crippen LogP contribution in [-0.4, -0.2) is 42.8 Å². The van der Waals surface area contributed by atoms with E-state index in [1.807, 2.05) is 0 Å². The molecule has 22 heavy (non-hydrogen) atoms. The van der Waals surface area contributed by atoms with E-state index in [9.17, 15) is 0 Å². The molecule has 0 spiro atoms. The fraction of sp³-hybridized carbons (Fsp3) is 0.500. The van der Waals surface area contributed by atoms with Crippen LogP contribution in [0.15, 0.2) is 24.3 Å². The highest BCUT2D eigenvalue weighted by atomic mass is 16.4. The lowest BCUT2D eigenvalue weighted by Gasteiger charge is -2.19. The minimum absolute atomic E-state index is 0.558. The molecule has 122 valence electrons. The summed E-state index contributed by atoms with van der Waals surface area (Å²) < 4.78 is 0. The number of nitrogens with one attached hydrogen (secondary N) is 1. The molecule has 6 heteroatoms. The minimum atomic E-state index is -1.82. The average molecular weight is 308 g/mol. The van der Waals surface area contributed by atoms with Crippen molar-refractivity contribution in [2.24, 2.45) is 0 Å². The van der Waals surface area contributed by atoms with Gasteiger partial charge in [0.05, 0.1) is 0 Å². The Morgan fingerprint density at radius 2 is 1.82 bits per heavy atom. The third-order valence-electron chi connectivity index (χ3n) is 3.53. The summed E-state index contributed by atoms with van der Waals surface area (Å²) in [5, 5.41) is 18.4. The lowest BCUT2D eigenvalue weighted by Crippen LogP contribution is -2.20. The average Bonchev–Trinajstić information content (AvgIpc) is 2.77. The van der Waals surface area contributed by atoms with Crippen molar-refractivity contribution in [3.05, 3.63) is 29.8 Å². The molecule has 1 heterocycles. The summed E-state index contributed by atoms with van der Waals surface area (Å²) in [5.74, 6) is -3.65. The molecule has 0 aliphatic carbocycles. The van der Waals surface area contributed by atoms with E-state index < -0.39 is 11.9 Å². The topological polar surface area (TPSA) is 89.9 Å². The van der Waals surface area contributed by atoms with Gasteiger partial charge < -0.3 is 20.4 Å². The molecule has 1 atom stereocenters. The van der Waals surface area contributed by atoms with Crippen molar-refractivity contribution < 1.29 is 19.8 Å². The van der Waals surface area contributed by atoms with Crippen molar-refractivity contribution in [3.8, 4) is 0 Å². The molecule has 0 radical (unpaired) electrons. The molecule has 1 aliphatic heterocycles. The molecule has 0 aromatic heterocycles. The number of nitrogens with zero attached hydrogens (tertiary/aromatic N) is 1. The van der Waals surface area contributed by atoms with Gasteiger partial charge in [-0.25, -0.2) is 9.59 Å². The van der Waals surface area contributed by atoms with Gasteiger partial charge in [0.1, 0.15) is 0 Å². The number of hydrogen-bond donors (Lipinski definition) is 3. The zero-order valence-corrected chi connectivity index (χ0v) is 13.1. The predicted molar refractivity (Wildman–Crippen MR) is 85.3 cm³/mol. The monoisotopic (exact) mass is 308 g/mol. The first kappa shape index (κ1) is 18.0. The van der Waals surface area contributed by atoms with E-state index in [0.717, 1.165) is 6.54 Å². The standard InChI is InChI=1S/C14H22N2.C2H2O4/c1-16(2)13-8-6-7-12(11-13)14-9-4-3-5-10-15-14;3-1(4)2(5)6/h6-8,11,14-15H,3-5,9-10H2,1-2H3;(H,3,4)(H,5,6). The molecule has 1 fully saturated rings. The van der Waals surface area contributed by atoms with Crippen LogP contribution in [0.3, 0.4) is 0 Å². The van der Waals surface area contributed by atoms with E-state index in [4.69, 9.17) is 19.8 Å². The SMILES string of the molecule is CN(C)c1cccc(C2CCCCCN2)c1.O=C(O)C(=O)O. The maximum Gasteiger partial charge on any atom is 0.414 e. The summed E-state index contributed by atoms with van der Waals surface area (Å²) in [4.78, 5) is 20.4. The lowest BCUT2D eigenvalue weighted by atomic mass is 10.0. The van der Waals surface area contributed by atoms with Crippen molar-refractivity contribution in [1.29, 1.82) is 0 Å². The van der Waals surface area contributed by atoms with Gasteiger partial charge in [-0.3, -0.25) is 0 Å². The Labute approximate surface area is 130 Å². The molecule has 0 saturated carbocycles. The van der Waals surface area contributed by atoms with Crippen LogP contribution in [0.5, 0.6) is 0 Å². The number of carbonyl (C=O) groups is 2. The van der Waals surface area contributed by atoms with Crippen molar-refractivity contribution in [2.45, 2.75) is 31.7 Å². The van der Waals surface area contributed by atoms with Crippen LogP contribution in [0, 0.1) is 0 Å². The molecular formula is C16H24N2O4. The molecule has 1 saturated heterocycles. The number of aliphatic carboxylic acids is 2. The predicted octanol–water partition coefficient (Wildman–Crippen LogP) is 2.11. The van der Waals surface area contributed by atoms with E-state index in [1.54, 1.807) is 0 Å². The van der Waals surface area contributed by atoms with Gasteiger partial charge in [-0.15, -0.1) is 0 Å². The summed E-state index contributed by atoms with van der Waals surface area (Å²) >= 11 is 0. The fourth-order valence-electron chi connectivity index (χ4n) is 2.33. The van der Waals surface area contributed by atoms with Crippen LogP contribution in [0.4, 0.5) is 5.69 Å². The smallest absolute Gasteiger partial charge is 0.414 e. The fourth-order valence-corrected chi connectivity index (χ4v) is 2.33. The molecule has 0 amide bonds. The Morgan fingerprint density at radius 3 is 2.41 bits per heavy atom. The van der Waals surface area contributed by atoms with E-state index in [1.165, 1.54) is 36.9 Å². The lowest BCUT2D eigenvalue weighted by molar-refractivity contribution is -0.159. The summed E-state index contributed by atoms with van der Waals surface area (Å²) in [5.41, 5.74) is 2.73.